The molecule has 0 atom stereocenters. The third-order valence-electron chi connectivity index (χ3n) is 4.38. The van der Waals surface area contributed by atoms with E-state index in [9.17, 15) is 4.79 Å². The fraction of sp³-hybridized carbons (Fsp3) is 0.588. The number of fused-ring (bicyclic) bond motifs is 1. The van der Waals surface area contributed by atoms with Crippen molar-refractivity contribution >= 4 is 11.6 Å². The maximum Gasteiger partial charge on any atom is 0.239 e. The van der Waals surface area contributed by atoms with Crippen LogP contribution in [0, 0.1) is 0 Å². The fourth-order valence-electron chi connectivity index (χ4n) is 3.22. The zero-order valence-corrected chi connectivity index (χ0v) is 12.5. The summed E-state index contributed by atoms with van der Waals surface area (Å²) in [5, 5.41) is 3.16. The average Bonchev–Trinajstić information content (AvgIpc) is 2.71. The smallest absolute Gasteiger partial charge is 0.239 e. The molecule has 0 aromatic heterocycles. The molecule has 3 rings (SSSR count). The predicted molar refractivity (Wildman–Crippen MR) is 83.6 cm³/mol. The van der Waals surface area contributed by atoms with Crippen molar-refractivity contribution < 1.29 is 9.53 Å². The zero-order chi connectivity index (χ0) is 14.5. The van der Waals surface area contributed by atoms with E-state index in [1.807, 2.05) is 0 Å². The molecule has 0 radical (unpaired) electrons. The summed E-state index contributed by atoms with van der Waals surface area (Å²) in [6.45, 7) is 2.96. The molecule has 0 aliphatic carbocycles. The largest absolute Gasteiger partial charge is 0.381 e. The number of amides is 1. The Hall–Kier alpha value is -1.55. The number of aryl methyl sites for hydroxylation is 1. The summed E-state index contributed by atoms with van der Waals surface area (Å²) in [7, 11) is 0. The van der Waals surface area contributed by atoms with Gasteiger partial charge in [0, 0.05) is 31.5 Å². The van der Waals surface area contributed by atoms with Crippen LogP contribution in [0.3, 0.4) is 0 Å². The average molecular weight is 288 g/mol. The van der Waals surface area contributed by atoms with Gasteiger partial charge in [-0.1, -0.05) is 18.2 Å². The van der Waals surface area contributed by atoms with E-state index in [1.165, 1.54) is 17.7 Å². The highest BCUT2D eigenvalue weighted by molar-refractivity contribution is 5.82. The molecule has 1 aromatic carbocycles. The molecule has 4 heteroatoms. The maximum absolute atomic E-state index is 12.3. The Kier molecular flexibility index (Phi) is 4.76. The Labute approximate surface area is 126 Å². The van der Waals surface area contributed by atoms with Gasteiger partial charge in [0.15, 0.2) is 0 Å². The van der Waals surface area contributed by atoms with Crippen molar-refractivity contribution in [1.82, 2.24) is 5.32 Å². The maximum atomic E-state index is 12.3. The van der Waals surface area contributed by atoms with Crippen molar-refractivity contribution in [3.8, 4) is 0 Å². The van der Waals surface area contributed by atoms with E-state index >= 15 is 0 Å². The van der Waals surface area contributed by atoms with Gasteiger partial charge in [0.2, 0.25) is 5.91 Å². The normalized spacial score (nSPS) is 19.7. The monoisotopic (exact) mass is 288 g/mol. The topological polar surface area (TPSA) is 41.6 Å². The third-order valence-corrected chi connectivity index (χ3v) is 4.38. The molecule has 1 amide bonds. The van der Waals surface area contributed by atoms with Gasteiger partial charge in [0.25, 0.3) is 0 Å². The summed E-state index contributed by atoms with van der Waals surface area (Å²) in [5.41, 5.74) is 2.60. The van der Waals surface area contributed by atoms with Crippen LogP contribution in [0.15, 0.2) is 24.3 Å². The van der Waals surface area contributed by atoms with Gasteiger partial charge in [-0.25, -0.2) is 0 Å². The van der Waals surface area contributed by atoms with Crippen LogP contribution < -0.4 is 10.2 Å². The number of nitrogens with zero attached hydrogens (tertiary/aromatic N) is 1. The molecule has 1 fully saturated rings. The number of carbonyl (C=O) groups excluding carboxylic acids is 1. The van der Waals surface area contributed by atoms with E-state index in [4.69, 9.17) is 4.74 Å². The summed E-state index contributed by atoms with van der Waals surface area (Å²) in [4.78, 5) is 14.5. The van der Waals surface area contributed by atoms with Crippen molar-refractivity contribution in [3.63, 3.8) is 0 Å². The second-order valence-corrected chi connectivity index (χ2v) is 5.96. The standard InChI is InChI=1S/C17H24N2O2/c20-17(18-15-8-11-21-12-9-15)13-19-10-4-3-6-14-5-1-2-7-16(14)19/h1-2,5,7,15H,3-4,6,8-13H2,(H,18,20). The van der Waals surface area contributed by atoms with Gasteiger partial charge < -0.3 is 15.0 Å². The molecule has 21 heavy (non-hydrogen) atoms. The first-order valence-corrected chi connectivity index (χ1v) is 8.03. The number of anilines is 1. The Bertz CT molecular complexity index is 483. The molecule has 114 valence electrons. The van der Waals surface area contributed by atoms with Crippen LogP contribution in [-0.4, -0.2) is 38.3 Å². The second-order valence-electron chi connectivity index (χ2n) is 5.96. The van der Waals surface area contributed by atoms with Crippen LogP contribution in [0.2, 0.25) is 0 Å². The van der Waals surface area contributed by atoms with E-state index in [1.54, 1.807) is 0 Å². The first kappa shape index (κ1) is 14.4. The summed E-state index contributed by atoms with van der Waals surface area (Å²) < 4.78 is 5.33. The van der Waals surface area contributed by atoms with Crippen LogP contribution in [0.25, 0.3) is 0 Å². The molecule has 2 aliphatic heterocycles. The van der Waals surface area contributed by atoms with Crippen LogP contribution in [-0.2, 0) is 16.0 Å². The van der Waals surface area contributed by atoms with Crippen LogP contribution >= 0.6 is 0 Å². The van der Waals surface area contributed by atoms with Gasteiger partial charge in [-0.3, -0.25) is 4.79 Å². The van der Waals surface area contributed by atoms with Crippen molar-refractivity contribution in [2.24, 2.45) is 0 Å². The lowest BCUT2D eigenvalue weighted by molar-refractivity contribution is -0.121. The molecule has 0 unspecified atom stereocenters. The Morgan fingerprint density at radius 3 is 2.90 bits per heavy atom. The predicted octanol–water partition coefficient (Wildman–Crippen LogP) is 2.12. The van der Waals surface area contributed by atoms with Gasteiger partial charge in [0.1, 0.15) is 0 Å². The number of nitrogens with one attached hydrogen (secondary N) is 1. The third kappa shape index (κ3) is 3.76. The number of para-hydroxylation sites is 1. The number of carbonyl (C=O) groups is 1. The lowest BCUT2D eigenvalue weighted by Crippen LogP contribution is -2.44. The Morgan fingerprint density at radius 1 is 1.24 bits per heavy atom. The van der Waals surface area contributed by atoms with Gasteiger partial charge in [-0.05, 0) is 43.7 Å². The van der Waals surface area contributed by atoms with Gasteiger partial charge >= 0.3 is 0 Å². The molecule has 2 aliphatic rings. The van der Waals surface area contributed by atoms with E-state index in [-0.39, 0.29) is 11.9 Å². The van der Waals surface area contributed by atoms with Gasteiger partial charge in [0.05, 0.1) is 6.54 Å². The highest BCUT2D eigenvalue weighted by atomic mass is 16.5. The Morgan fingerprint density at radius 2 is 2.05 bits per heavy atom. The van der Waals surface area contributed by atoms with E-state index in [0.717, 1.165) is 45.4 Å². The first-order chi connectivity index (χ1) is 10.3. The molecule has 0 spiro atoms. The van der Waals surface area contributed by atoms with E-state index < -0.39 is 0 Å². The SMILES string of the molecule is O=C(CN1CCCCc2ccccc21)NC1CCOCC1. The minimum atomic E-state index is 0.138. The molecule has 2 heterocycles. The molecule has 1 aromatic rings. The van der Waals surface area contributed by atoms with Crippen molar-refractivity contribution in [2.75, 3.05) is 31.2 Å². The van der Waals surface area contributed by atoms with Crippen LogP contribution in [0.5, 0.6) is 0 Å². The zero-order valence-electron chi connectivity index (χ0n) is 12.5. The van der Waals surface area contributed by atoms with Crippen molar-refractivity contribution in [1.29, 1.82) is 0 Å². The van der Waals surface area contributed by atoms with Gasteiger partial charge in [-0.2, -0.15) is 0 Å². The minimum absolute atomic E-state index is 0.138. The van der Waals surface area contributed by atoms with E-state index in [2.05, 4.69) is 34.5 Å². The number of rotatable bonds is 3. The lowest BCUT2D eigenvalue weighted by Gasteiger charge is -2.27. The number of benzene rings is 1. The number of hydrogen-bond acceptors (Lipinski definition) is 3. The van der Waals surface area contributed by atoms with Crippen LogP contribution in [0.1, 0.15) is 31.2 Å². The highest BCUT2D eigenvalue weighted by Crippen LogP contribution is 2.25. The summed E-state index contributed by atoms with van der Waals surface area (Å²) in [6, 6.07) is 8.76. The molecular formula is C17H24N2O2. The van der Waals surface area contributed by atoms with E-state index in [0.29, 0.717) is 6.54 Å². The van der Waals surface area contributed by atoms with Crippen molar-refractivity contribution in [2.45, 2.75) is 38.1 Å². The number of ether oxygens (including phenoxy) is 1. The summed E-state index contributed by atoms with van der Waals surface area (Å²) in [6.07, 6.45) is 5.34. The molecule has 0 saturated carbocycles. The molecule has 1 N–H and O–H groups in total. The summed E-state index contributed by atoms with van der Waals surface area (Å²) >= 11 is 0. The highest BCUT2D eigenvalue weighted by Gasteiger charge is 2.20. The van der Waals surface area contributed by atoms with Crippen LogP contribution in [0.4, 0.5) is 5.69 Å². The molecule has 4 nitrogen and oxygen atoms in total. The quantitative estimate of drug-likeness (QED) is 0.926. The Balaban J connectivity index is 1.62. The second kappa shape index (κ2) is 6.94. The molecular weight excluding hydrogens is 264 g/mol. The fourth-order valence-corrected chi connectivity index (χ4v) is 3.22. The van der Waals surface area contributed by atoms with Gasteiger partial charge in [-0.15, -0.1) is 0 Å². The molecule has 0 bridgehead atoms. The number of hydrogen-bond donors (Lipinski definition) is 1. The molecule has 1 saturated heterocycles. The first-order valence-electron chi connectivity index (χ1n) is 8.03. The summed E-state index contributed by atoms with van der Waals surface area (Å²) in [5.74, 6) is 0.138. The minimum Gasteiger partial charge on any atom is -0.381 e. The lowest BCUT2D eigenvalue weighted by atomic mass is 10.1. The van der Waals surface area contributed by atoms with Crippen molar-refractivity contribution in [3.05, 3.63) is 29.8 Å².